The molecule has 0 aromatic heterocycles. The van der Waals surface area contributed by atoms with Crippen molar-refractivity contribution in [1.29, 1.82) is 0 Å². The van der Waals surface area contributed by atoms with Crippen LogP contribution in [0.25, 0.3) is 0 Å². The molecule has 0 saturated carbocycles. The van der Waals surface area contributed by atoms with Crippen molar-refractivity contribution in [3.63, 3.8) is 0 Å². The van der Waals surface area contributed by atoms with E-state index in [0.717, 1.165) is 13.1 Å². The van der Waals surface area contributed by atoms with Crippen LogP contribution in [0.3, 0.4) is 0 Å². The molecule has 0 spiro atoms. The molecule has 2 amide bonds. The molecule has 0 unspecified atom stereocenters. The lowest BCUT2D eigenvalue weighted by atomic mass is 9.96. The van der Waals surface area contributed by atoms with E-state index in [2.05, 4.69) is 26.1 Å². The van der Waals surface area contributed by atoms with Crippen molar-refractivity contribution in [3.8, 4) is 0 Å². The molecule has 1 aromatic carbocycles. The van der Waals surface area contributed by atoms with Crippen LogP contribution < -0.4 is 5.32 Å². The van der Waals surface area contributed by atoms with Gasteiger partial charge in [0.2, 0.25) is 0 Å². The van der Waals surface area contributed by atoms with Gasteiger partial charge in [-0.3, -0.25) is 9.59 Å². The van der Waals surface area contributed by atoms with Crippen LogP contribution >= 0.6 is 0 Å². The summed E-state index contributed by atoms with van der Waals surface area (Å²) < 4.78 is 0. The molecule has 1 N–H and O–H groups in total. The maximum absolute atomic E-state index is 12.8. The van der Waals surface area contributed by atoms with Gasteiger partial charge in [-0.15, -0.1) is 0 Å². The lowest BCUT2D eigenvalue weighted by Gasteiger charge is -2.34. The van der Waals surface area contributed by atoms with E-state index in [4.69, 9.17) is 0 Å². The largest absolute Gasteiger partial charge is 0.341 e. The number of benzene rings is 1. The number of hydrogen-bond donors (Lipinski definition) is 1. The Morgan fingerprint density at radius 3 is 2.58 bits per heavy atom. The lowest BCUT2D eigenvalue weighted by molar-refractivity contribution is 0.0655. The highest BCUT2D eigenvalue weighted by Crippen LogP contribution is 2.17. The Kier molecular flexibility index (Phi) is 5.65. The molecular formula is C19H29N3O2. The van der Waals surface area contributed by atoms with Gasteiger partial charge in [0.1, 0.15) is 0 Å². The lowest BCUT2D eigenvalue weighted by Crippen LogP contribution is -2.52. The van der Waals surface area contributed by atoms with Gasteiger partial charge in [-0.1, -0.05) is 26.8 Å². The minimum absolute atomic E-state index is 0.00266. The maximum Gasteiger partial charge on any atom is 0.254 e. The van der Waals surface area contributed by atoms with Gasteiger partial charge in [-0.2, -0.15) is 0 Å². The second-order valence-electron chi connectivity index (χ2n) is 7.85. The number of carbonyl (C=O) groups excluding carboxylic acids is 2. The SMILES string of the molecule is C[C@H]1CNCCN1C(=O)c1cccc(C(=O)N(C)CC(C)(C)C)c1. The van der Waals surface area contributed by atoms with Crippen LogP contribution in [0.1, 0.15) is 48.4 Å². The third kappa shape index (κ3) is 4.57. The Hall–Kier alpha value is -1.88. The number of hydrogen-bond acceptors (Lipinski definition) is 3. The molecule has 1 heterocycles. The number of amides is 2. The second kappa shape index (κ2) is 7.34. The zero-order valence-electron chi connectivity index (χ0n) is 15.4. The van der Waals surface area contributed by atoms with Crippen LogP contribution in [0.15, 0.2) is 24.3 Å². The molecule has 1 aromatic rings. The minimum atomic E-state index is -0.0482. The van der Waals surface area contributed by atoms with Crippen molar-refractivity contribution in [1.82, 2.24) is 15.1 Å². The number of carbonyl (C=O) groups is 2. The van der Waals surface area contributed by atoms with Crippen LogP contribution in [0, 0.1) is 5.41 Å². The molecule has 2 rings (SSSR count). The molecule has 5 nitrogen and oxygen atoms in total. The molecule has 1 fully saturated rings. The Bertz CT molecular complexity index is 607. The van der Waals surface area contributed by atoms with Crippen molar-refractivity contribution >= 4 is 11.8 Å². The van der Waals surface area contributed by atoms with E-state index >= 15 is 0 Å². The molecule has 1 aliphatic rings. The average Bonchev–Trinajstić information content (AvgIpc) is 2.52. The van der Waals surface area contributed by atoms with Crippen molar-refractivity contribution in [3.05, 3.63) is 35.4 Å². The highest BCUT2D eigenvalue weighted by atomic mass is 16.2. The molecule has 5 heteroatoms. The summed E-state index contributed by atoms with van der Waals surface area (Å²) in [7, 11) is 1.81. The van der Waals surface area contributed by atoms with E-state index in [0.29, 0.717) is 24.2 Å². The quantitative estimate of drug-likeness (QED) is 0.924. The fourth-order valence-corrected chi connectivity index (χ4v) is 3.10. The Morgan fingerprint density at radius 1 is 1.29 bits per heavy atom. The number of nitrogens with zero attached hydrogens (tertiary/aromatic N) is 2. The first-order valence-electron chi connectivity index (χ1n) is 8.56. The minimum Gasteiger partial charge on any atom is -0.341 e. The highest BCUT2D eigenvalue weighted by molar-refractivity contribution is 5.99. The first-order chi connectivity index (χ1) is 11.2. The third-order valence-electron chi connectivity index (χ3n) is 4.18. The molecule has 1 atom stereocenters. The second-order valence-corrected chi connectivity index (χ2v) is 7.85. The Labute approximate surface area is 145 Å². The summed E-state index contributed by atoms with van der Waals surface area (Å²) in [4.78, 5) is 29.0. The maximum atomic E-state index is 12.8. The van der Waals surface area contributed by atoms with Gasteiger partial charge in [0.15, 0.2) is 0 Å². The summed E-state index contributed by atoms with van der Waals surface area (Å²) in [6.45, 7) is 11.3. The third-order valence-corrected chi connectivity index (χ3v) is 4.18. The molecule has 132 valence electrons. The fraction of sp³-hybridized carbons (Fsp3) is 0.579. The first kappa shape index (κ1) is 18.5. The standard InChI is InChI=1S/C19H29N3O2/c1-14-12-20-9-10-22(14)18(24)16-8-6-7-15(11-16)17(23)21(5)13-19(2,3)4/h6-8,11,14,20H,9-10,12-13H2,1-5H3/t14-/m0/s1. The van der Waals surface area contributed by atoms with Crippen molar-refractivity contribution in [2.24, 2.45) is 5.41 Å². The summed E-state index contributed by atoms with van der Waals surface area (Å²) in [5.74, 6) is -0.0509. The summed E-state index contributed by atoms with van der Waals surface area (Å²) in [5.41, 5.74) is 1.18. The highest BCUT2D eigenvalue weighted by Gasteiger charge is 2.25. The van der Waals surface area contributed by atoms with E-state index < -0.39 is 0 Å². The van der Waals surface area contributed by atoms with Gasteiger partial charge < -0.3 is 15.1 Å². The van der Waals surface area contributed by atoms with Crippen LogP contribution in [0.4, 0.5) is 0 Å². The molecule has 24 heavy (non-hydrogen) atoms. The topological polar surface area (TPSA) is 52.7 Å². The van der Waals surface area contributed by atoms with E-state index in [9.17, 15) is 9.59 Å². The van der Waals surface area contributed by atoms with E-state index in [1.165, 1.54) is 0 Å². The Balaban J connectivity index is 2.16. The van der Waals surface area contributed by atoms with Gasteiger partial charge >= 0.3 is 0 Å². The van der Waals surface area contributed by atoms with E-state index in [1.807, 2.05) is 11.8 Å². The zero-order valence-corrected chi connectivity index (χ0v) is 15.4. The van der Waals surface area contributed by atoms with E-state index in [-0.39, 0.29) is 23.3 Å². The van der Waals surface area contributed by atoms with Gasteiger partial charge in [0.25, 0.3) is 11.8 Å². The molecular weight excluding hydrogens is 302 g/mol. The van der Waals surface area contributed by atoms with E-state index in [1.54, 1.807) is 36.2 Å². The molecule has 0 aliphatic carbocycles. The number of piperazine rings is 1. The van der Waals surface area contributed by atoms with Crippen LogP contribution in [-0.4, -0.2) is 60.9 Å². The van der Waals surface area contributed by atoms with Crippen molar-refractivity contribution in [2.75, 3.05) is 33.2 Å². The molecule has 1 aliphatic heterocycles. The molecule has 0 radical (unpaired) electrons. The predicted octanol–water partition coefficient (Wildman–Crippen LogP) is 2.24. The number of rotatable bonds is 3. The van der Waals surface area contributed by atoms with Gasteiger partial charge in [-0.25, -0.2) is 0 Å². The van der Waals surface area contributed by atoms with Crippen LogP contribution in [0.2, 0.25) is 0 Å². The molecule has 1 saturated heterocycles. The normalized spacial score (nSPS) is 18.4. The van der Waals surface area contributed by atoms with Crippen molar-refractivity contribution in [2.45, 2.75) is 33.7 Å². The predicted molar refractivity (Wildman–Crippen MR) is 96.2 cm³/mol. The smallest absolute Gasteiger partial charge is 0.254 e. The summed E-state index contributed by atoms with van der Waals surface area (Å²) in [6.07, 6.45) is 0. The monoisotopic (exact) mass is 331 g/mol. The summed E-state index contributed by atoms with van der Waals surface area (Å²) in [5, 5.41) is 3.28. The van der Waals surface area contributed by atoms with Gasteiger partial charge in [-0.05, 0) is 30.5 Å². The average molecular weight is 331 g/mol. The Morgan fingerprint density at radius 2 is 1.96 bits per heavy atom. The van der Waals surface area contributed by atoms with Crippen LogP contribution in [0.5, 0.6) is 0 Å². The van der Waals surface area contributed by atoms with Crippen LogP contribution in [-0.2, 0) is 0 Å². The first-order valence-corrected chi connectivity index (χ1v) is 8.56. The summed E-state index contributed by atoms with van der Waals surface area (Å²) >= 11 is 0. The zero-order chi connectivity index (χ0) is 17.9. The number of nitrogens with one attached hydrogen (secondary N) is 1. The van der Waals surface area contributed by atoms with Gasteiger partial charge in [0, 0.05) is 50.4 Å². The van der Waals surface area contributed by atoms with Gasteiger partial charge in [0.05, 0.1) is 0 Å². The molecule has 0 bridgehead atoms. The fourth-order valence-electron chi connectivity index (χ4n) is 3.10. The summed E-state index contributed by atoms with van der Waals surface area (Å²) in [6, 6.07) is 7.24. The van der Waals surface area contributed by atoms with Crippen molar-refractivity contribution < 1.29 is 9.59 Å².